The zero-order valence-corrected chi connectivity index (χ0v) is 21.6. The minimum absolute atomic E-state index is 0.0395. The molecule has 0 radical (unpaired) electrons. The number of hydrogen-bond donors (Lipinski definition) is 0. The van der Waals surface area contributed by atoms with E-state index in [-0.39, 0.29) is 23.0 Å². The van der Waals surface area contributed by atoms with Gasteiger partial charge in [-0.05, 0) is 18.2 Å². The first-order valence-corrected chi connectivity index (χ1v) is 12.4. The van der Waals surface area contributed by atoms with E-state index in [1.54, 1.807) is 41.3 Å². The molecular weight excluding hydrogens is 518 g/mol. The first kappa shape index (κ1) is 26.5. The topological polar surface area (TPSA) is 138 Å². The average molecular weight is 544 g/mol. The number of carbonyl (C=O) groups excluding carboxylic acids is 1. The van der Waals surface area contributed by atoms with E-state index >= 15 is 0 Å². The predicted octanol–water partition coefficient (Wildman–Crippen LogP) is 3.10. The summed E-state index contributed by atoms with van der Waals surface area (Å²) < 4.78 is 17.4. The van der Waals surface area contributed by atoms with Gasteiger partial charge in [0.2, 0.25) is 5.75 Å². The van der Waals surface area contributed by atoms with Gasteiger partial charge in [-0.2, -0.15) is 9.78 Å². The van der Waals surface area contributed by atoms with E-state index in [9.17, 15) is 19.7 Å². The molecule has 1 fully saturated rings. The minimum atomic E-state index is -0.631. The number of morpholine rings is 1. The molecule has 12 nitrogen and oxygen atoms in total. The van der Waals surface area contributed by atoms with Crippen LogP contribution in [0.25, 0.3) is 22.3 Å². The van der Waals surface area contributed by atoms with Gasteiger partial charge in [0.1, 0.15) is 0 Å². The van der Waals surface area contributed by atoms with Crippen LogP contribution in [0, 0.1) is 10.1 Å². The van der Waals surface area contributed by atoms with Gasteiger partial charge in [-0.1, -0.05) is 42.5 Å². The number of nitro benzene ring substituents is 1. The van der Waals surface area contributed by atoms with Crippen molar-refractivity contribution in [3.05, 3.63) is 92.8 Å². The number of hydrogen-bond acceptors (Lipinski definition) is 9. The van der Waals surface area contributed by atoms with Gasteiger partial charge in [-0.15, -0.1) is 0 Å². The summed E-state index contributed by atoms with van der Waals surface area (Å²) in [6.07, 6.45) is 1.31. The van der Waals surface area contributed by atoms with Crippen molar-refractivity contribution in [3.63, 3.8) is 0 Å². The van der Waals surface area contributed by atoms with Crippen LogP contribution in [0.1, 0.15) is 5.56 Å². The molecule has 1 aromatic heterocycles. The van der Waals surface area contributed by atoms with E-state index in [1.165, 1.54) is 25.5 Å². The van der Waals surface area contributed by atoms with Crippen molar-refractivity contribution in [1.82, 2.24) is 14.6 Å². The van der Waals surface area contributed by atoms with Crippen LogP contribution in [0.3, 0.4) is 0 Å². The third-order valence-electron chi connectivity index (χ3n) is 6.29. The van der Waals surface area contributed by atoms with E-state index in [2.05, 4.69) is 10.1 Å². The molecule has 0 unspecified atom stereocenters. The second-order valence-electron chi connectivity index (χ2n) is 8.79. The van der Waals surface area contributed by atoms with Crippen LogP contribution < -0.4 is 15.0 Å². The molecule has 4 aromatic rings. The van der Waals surface area contributed by atoms with Gasteiger partial charge >= 0.3 is 5.69 Å². The molecule has 3 aromatic carbocycles. The van der Waals surface area contributed by atoms with Crippen LogP contribution >= 0.6 is 0 Å². The van der Waals surface area contributed by atoms with Crippen molar-refractivity contribution in [2.45, 2.75) is 0 Å². The van der Waals surface area contributed by atoms with E-state index in [1.807, 2.05) is 18.2 Å². The first-order valence-electron chi connectivity index (χ1n) is 12.4. The van der Waals surface area contributed by atoms with Crippen LogP contribution in [0.2, 0.25) is 0 Å². The summed E-state index contributed by atoms with van der Waals surface area (Å²) in [6, 6.07) is 18.7. The summed E-state index contributed by atoms with van der Waals surface area (Å²) in [7, 11) is 1.34. The number of methoxy groups -OCH3 is 1. The molecular formula is C28H25N5O7. The van der Waals surface area contributed by atoms with Crippen molar-refractivity contribution < 1.29 is 23.9 Å². The Morgan fingerprint density at radius 3 is 2.58 bits per heavy atom. The number of nitro groups is 1. The second-order valence-corrected chi connectivity index (χ2v) is 8.79. The van der Waals surface area contributed by atoms with Gasteiger partial charge < -0.3 is 19.1 Å². The maximum atomic E-state index is 13.4. The number of amides is 1. The molecule has 1 aliphatic rings. The quantitative estimate of drug-likeness (QED) is 0.188. The monoisotopic (exact) mass is 543 g/mol. The number of ether oxygens (including phenoxy) is 3. The zero-order chi connectivity index (χ0) is 28.1. The van der Waals surface area contributed by atoms with Crippen molar-refractivity contribution in [3.8, 4) is 22.9 Å². The highest BCUT2D eigenvalue weighted by atomic mass is 16.6. The van der Waals surface area contributed by atoms with Crippen LogP contribution in [0.4, 0.5) is 5.69 Å². The van der Waals surface area contributed by atoms with Gasteiger partial charge in [0.05, 0.1) is 42.4 Å². The maximum Gasteiger partial charge on any atom is 0.315 e. The minimum Gasteiger partial charge on any atom is -0.493 e. The lowest BCUT2D eigenvalue weighted by Gasteiger charge is -2.26. The summed E-state index contributed by atoms with van der Waals surface area (Å²) >= 11 is 0. The summed E-state index contributed by atoms with van der Waals surface area (Å²) in [5, 5.41) is 16.7. The summed E-state index contributed by atoms with van der Waals surface area (Å²) in [5.74, 6) is -0.149. The standard InChI is InChI=1S/C28H25N5O7/c1-38-24-16-19(15-23(33(36)37)26(24)40-18-25(34)31-11-13-39-14-12-31)17-29-32-27(20-7-3-2-4-8-20)30-22-10-6-5-9-21(22)28(32)35/h2-10,15-17H,11-14,18H2,1H3. The van der Waals surface area contributed by atoms with Crippen molar-refractivity contribution in [1.29, 1.82) is 0 Å². The Morgan fingerprint density at radius 2 is 1.85 bits per heavy atom. The van der Waals surface area contributed by atoms with Crippen molar-refractivity contribution in [2.24, 2.45) is 5.10 Å². The molecule has 204 valence electrons. The molecule has 1 aliphatic heterocycles. The number of rotatable bonds is 8. The third-order valence-corrected chi connectivity index (χ3v) is 6.29. The maximum absolute atomic E-state index is 13.4. The van der Waals surface area contributed by atoms with Gasteiger partial charge in [-0.25, -0.2) is 4.98 Å². The molecule has 1 saturated heterocycles. The molecule has 0 N–H and O–H groups in total. The molecule has 0 bridgehead atoms. The molecule has 0 aliphatic carbocycles. The lowest BCUT2D eigenvalue weighted by molar-refractivity contribution is -0.385. The molecule has 2 heterocycles. The molecule has 5 rings (SSSR count). The lowest BCUT2D eigenvalue weighted by atomic mass is 10.2. The highest BCUT2D eigenvalue weighted by Crippen LogP contribution is 2.38. The Hall–Kier alpha value is -5.10. The van der Waals surface area contributed by atoms with E-state index in [0.717, 1.165) is 4.68 Å². The Morgan fingerprint density at radius 1 is 1.12 bits per heavy atom. The molecule has 0 saturated carbocycles. The number of carbonyl (C=O) groups is 1. The summed E-state index contributed by atoms with van der Waals surface area (Å²) in [5.41, 5.74) is 0.643. The molecule has 0 atom stereocenters. The van der Waals surface area contributed by atoms with E-state index in [0.29, 0.717) is 48.6 Å². The predicted molar refractivity (Wildman–Crippen MR) is 147 cm³/mol. The summed E-state index contributed by atoms with van der Waals surface area (Å²) in [4.78, 5) is 43.5. The fourth-order valence-electron chi connectivity index (χ4n) is 4.28. The molecule has 12 heteroatoms. The first-order chi connectivity index (χ1) is 19.5. The van der Waals surface area contributed by atoms with Crippen LogP contribution in [-0.4, -0.2) is 71.6 Å². The largest absolute Gasteiger partial charge is 0.493 e. The SMILES string of the molecule is COc1cc(C=Nn2c(-c3ccccc3)nc3ccccc3c2=O)cc([N+](=O)[O-])c1OCC(=O)N1CCOCC1. The van der Waals surface area contributed by atoms with Gasteiger partial charge in [0.25, 0.3) is 11.5 Å². The Balaban J connectivity index is 1.51. The fraction of sp³-hybridized carbons (Fsp3) is 0.214. The Kier molecular flexibility index (Phi) is 7.78. The normalized spacial score (nSPS) is 13.5. The van der Waals surface area contributed by atoms with Crippen molar-refractivity contribution in [2.75, 3.05) is 40.0 Å². The number of benzene rings is 3. The van der Waals surface area contributed by atoms with Crippen LogP contribution in [0.15, 0.2) is 76.6 Å². The molecule has 0 spiro atoms. The van der Waals surface area contributed by atoms with Crippen LogP contribution in [0.5, 0.6) is 11.5 Å². The molecule has 1 amide bonds. The average Bonchev–Trinajstić information content (AvgIpc) is 3.00. The summed E-state index contributed by atoms with van der Waals surface area (Å²) in [6.45, 7) is 1.29. The number of fused-ring (bicyclic) bond motifs is 1. The lowest BCUT2D eigenvalue weighted by Crippen LogP contribution is -2.43. The van der Waals surface area contributed by atoms with Crippen LogP contribution in [-0.2, 0) is 9.53 Å². The smallest absolute Gasteiger partial charge is 0.315 e. The Labute approximate surface area is 228 Å². The highest BCUT2D eigenvalue weighted by Gasteiger charge is 2.25. The third kappa shape index (κ3) is 5.52. The fourth-order valence-corrected chi connectivity index (χ4v) is 4.28. The molecule has 40 heavy (non-hydrogen) atoms. The van der Waals surface area contributed by atoms with E-state index < -0.39 is 22.8 Å². The zero-order valence-electron chi connectivity index (χ0n) is 21.6. The van der Waals surface area contributed by atoms with E-state index in [4.69, 9.17) is 14.2 Å². The highest BCUT2D eigenvalue weighted by molar-refractivity contribution is 5.85. The number of nitrogens with zero attached hydrogens (tertiary/aromatic N) is 5. The van der Waals surface area contributed by atoms with Gasteiger partial charge in [0, 0.05) is 30.3 Å². The van der Waals surface area contributed by atoms with Crippen molar-refractivity contribution >= 4 is 28.7 Å². The number of para-hydroxylation sites is 1. The van der Waals surface area contributed by atoms with Gasteiger partial charge in [-0.3, -0.25) is 19.7 Å². The second kappa shape index (κ2) is 11.7. The Bertz CT molecular complexity index is 1650. The number of aromatic nitrogens is 2. The van der Waals surface area contributed by atoms with Gasteiger partial charge in [0.15, 0.2) is 18.2 Å².